The quantitative estimate of drug-likeness (QED) is 0.921. The zero-order valence-corrected chi connectivity index (χ0v) is 11.2. The fourth-order valence-corrected chi connectivity index (χ4v) is 2.29. The molecule has 0 amide bonds. The number of aromatic nitrogens is 1. The first-order valence-electron chi connectivity index (χ1n) is 6.08. The molecule has 1 aromatic carbocycles. The number of hydrogen-bond acceptors (Lipinski definition) is 3. The normalized spacial score (nSPS) is 12.9. The number of fused-ring (bicyclic) bond motifs is 1. The van der Waals surface area contributed by atoms with Gasteiger partial charge in [-0.3, -0.25) is 0 Å². The van der Waals surface area contributed by atoms with Gasteiger partial charge in [-0.15, -0.1) is 0 Å². The van der Waals surface area contributed by atoms with Gasteiger partial charge in [0.05, 0.1) is 17.3 Å². The number of ether oxygens (including phenoxy) is 1. The van der Waals surface area contributed by atoms with E-state index >= 15 is 0 Å². The molecular weight excluding hydrogens is 281 g/mol. The van der Waals surface area contributed by atoms with Crippen LogP contribution < -0.4 is 4.74 Å². The number of hydrogen-bond donors (Lipinski definition) is 1. The molecule has 0 atom stereocenters. The molecule has 0 bridgehead atoms. The number of rotatable bonds is 2. The molecule has 1 N–H and O–H groups in total. The van der Waals surface area contributed by atoms with Crippen LogP contribution in [0, 0.1) is 5.82 Å². The van der Waals surface area contributed by atoms with Crippen molar-refractivity contribution in [3.05, 3.63) is 52.4 Å². The van der Waals surface area contributed by atoms with Crippen molar-refractivity contribution in [2.45, 2.75) is 6.61 Å². The van der Waals surface area contributed by atoms with Gasteiger partial charge >= 0.3 is 0 Å². The van der Waals surface area contributed by atoms with Crippen molar-refractivity contribution < 1.29 is 14.2 Å². The number of pyridine rings is 1. The van der Waals surface area contributed by atoms with E-state index in [0.29, 0.717) is 29.3 Å². The minimum atomic E-state index is -0.483. The predicted molar refractivity (Wildman–Crippen MR) is 75.1 cm³/mol. The average molecular weight is 292 g/mol. The molecule has 0 saturated heterocycles. The van der Waals surface area contributed by atoms with Crippen LogP contribution in [-0.4, -0.2) is 16.7 Å². The molecule has 0 aliphatic carbocycles. The second-order valence-corrected chi connectivity index (χ2v) is 4.79. The van der Waals surface area contributed by atoms with Gasteiger partial charge in [-0.1, -0.05) is 17.7 Å². The number of benzene rings is 1. The summed E-state index contributed by atoms with van der Waals surface area (Å²) in [5.74, 6) is 0.135. The summed E-state index contributed by atoms with van der Waals surface area (Å²) in [4.78, 5) is 4.36. The van der Waals surface area contributed by atoms with Gasteiger partial charge in [0.1, 0.15) is 18.1 Å². The lowest BCUT2D eigenvalue weighted by Crippen LogP contribution is -2.05. The lowest BCUT2D eigenvalue weighted by molar-refractivity contribution is 0.276. The molecule has 0 spiro atoms. The first-order chi connectivity index (χ1) is 9.69. The maximum absolute atomic E-state index is 13.3. The number of aliphatic hydroxyl groups excluding tert-OH is 1. The van der Waals surface area contributed by atoms with Crippen LogP contribution in [-0.2, 0) is 6.61 Å². The van der Waals surface area contributed by atoms with E-state index in [-0.39, 0.29) is 11.6 Å². The molecule has 3 nitrogen and oxygen atoms in total. The highest BCUT2D eigenvalue weighted by Gasteiger charge is 2.17. The van der Waals surface area contributed by atoms with Gasteiger partial charge in [0.15, 0.2) is 5.75 Å². The lowest BCUT2D eigenvalue weighted by Gasteiger charge is -2.17. The van der Waals surface area contributed by atoms with Crippen LogP contribution in [0.15, 0.2) is 30.3 Å². The van der Waals surface area contributed by atoms with Crippen molar-refractivity contribution in [3.63, 3.8) is 0 Å². The average Bonchev–Trinajstić information content (AvgIpc) is 2.49. The summed E-state index contributed by atoms with van der Waals surface area (Å²) in [6.07, 6.45) is 3.79. The Labute approximate surface area is 120 Å². The van der Waals surface area contributed by atoms with E-state index in [1.54, 1.807) is 12.1 Å². The Morgan fingerprint density at radius 3 is 2.95 bits per heavy atom. The van der Waals surface area contributed by atoms with Crippen molar-refractivity contribution in [2.75, 3.05) is 6.61 Å². The van der Waals surface area contributed by atoms with E-state index in [4.69, 9.17) is 16.3 Å². The maximum Gasteiger partial charge on any atom is 0.153 e. The summed E-state index contributed by atoms with van der Waals surface area (Å²) >= 11 is 5.81. The first kappa shape index (κ1) is 13.1. The summed E-state index contributed by atoms with van der Waals surface area (Å²) in [6.45, 7) is 0.276. The van der Waals surface area contributed by atoms with Gasteiger partial charge in [-0.25, -0.2) is 9.37 Å². The number of nitrogens with zero attached hydrogens (tertiary/aromatic N) is 1. The Morgan fingerprint density at radius 1 is 1.35 bits per heavy atom. The van der Waals surface area contributed by atoms with Gasteiger partial charge < -0.3 is 9.84 Å². The van der Waals surface area contributed by atoms with Crippen LogP contribution in [0.3, 0.4) is 0 Å². The molecule has 0 radical (unpaired) electrons. The van der Waals surface area contributed by atoms with Gasteiger partial charge in [0.2, 0.25) is 0 Å². The largest absolute Gasteiger partial charge is 0.487 e. The minimum Gasteiger partial charge on any atom is -0.487 e. The van der Waals surface area contributed by atoms with Crippen LogP contribution in [0.1, 0.15) is 11.3 Å². The van der Waals surface area contributed by atoms with E-state index in [9.17, 15) is 9.50 Å². The van der Waals surface area contributed by atoms with Crippen LogP contribution >= 0.6 is 11.6 Å². The van der Waals surface area contributed by atoms with E-state index < -0.39 is 5.82 Å². The molecule has 5 heteroatoms. The second-order valence-electron chi connectivity index (χ2n) is 4.38. The summed E-state index contributed by atoms with van der Waals surface area (Å²) in [6, 6.07) is 6.14. The molecule has 0 unspecified atom stereocenters. The molecule has 102 valence electrons. The van der Waals surface area contributed by atoms with Gasteiger partial charge in [-0.2, -0.15) is 0 Å². The van der Waals surface area contributed by atoms with E-state index in [1.807, 2.05) is 12.2 Å². The van der Waals surface area contributed by atoms with E-state index in [1.165, 1.54) is 12.1 Å². The first-order valence-corrected chi connectivity index (χ1v) is 6.46. The highest BCUT2D eigenvalue weighted by atomic mass is 35.5. The molecule has 0 saturated carbocycles. The summed E-state index contributed by atoms with van der Waals surface area (Å²) in [5, 5.41) is 9.32. The standard InChI is InChI=1S/C15H11ClFNO2/c16-12-7-9(3-4-13(12)17)14-15-10(2-1-5-20-15)6-11(8-19)18-14/h1-4,6-7,19H,5,8H2. The molecule has 1 aromatic heterocycles. The van der Waals surface area contributed by atoms with E-state index in [0.717, 1.165) is 5.56 Å². The zero-order chi connectivity index (χ0) is 14.1. The Morgan fingerprint density at radius 2 is 2.20 bits per heavy atom. The van der Waals surface area contributed by atoms with Crippen molar-refractivity contribution in [1.82, 2.24) is 4.98 Å². The molecule has 0 fully saturated rings. The van der Waals surface area contributed by atoms with Gasteiger partial charge in [0.25, 0.3) is 0 Å². The molecule has 2 aromatic rings. The molecular formula is C15H11ClFNO2. The third-order valence-electron chi connectivity index (χ3n) is 3.03. The van der Waals surface area contributed by atoms with Crippen LogP contribution in [0.4, 0.5) is 4.39 Å². The summed E-state index contributed by atoms with van der Waals surface area (Å²) < 4.78 is 18.9. The fourth-order valence-electron chi connectivity index (χ4n) is 2.11. The van der Waals surface area contributed by atoms with Gasteiger partial charge in [0, 0.05) is 11.1 Å². The Bertz CT molecular complexity index is 701. The lowest BCUT2D eigenvalue weighted by atomic mass is 10.0. The predicted octanol–water partition coefficient (Wildman–Crippen LogP) is 3.44. The minimum absolute atomic E-state index is 0.0267. The van der Waals surface area contributed by atoms with Crippen LogP contribution in [0.25, 0.3) is 17.3 Å². The zero-order valence-electron chi connectivity index (χ0n) is 10.4. The molecule has 2 heterocycles. The maximum atomic E-state index is 13.3. The second kappa shape index (κ2) is 5.23. The highest BCUT2D eigenvalue weighted by molar-refractivity contribution is 6.31. The van der Waals surface area contributed by atoms with Crippen LogP contribution in [0.5, 0.6) is 5.75 Å². The van der Waals surface area contributed by atoms with Crippen molar-refractivity contribution >= 4 is 17.7 Å². The van der Waals surface area contributed by atoms with Crippen molar-refractivity contribution in [1.29, 1.82) is 0 Å². The topological polar surface area (TPSA) is 42.4 Å². The van der Waals surface area contributed by atoms with E-state index in [2.05, 4.69) is 4.98 Å². The molecule has 1 aliphatic heterocycles. The van der Waals surface area contributed by atoms with Gasteiger partial charge in [-0.05, 0) is 30.3 Å². The molecule has 3 rings (SSSR count). The van der Waals surface area contributed by atoms with Crippen LogP contribution in [0.2, 0.25) is 5.02 Å². The number of halogens is 2. The smallest absolute Gasteiger partial charge is 0.153 e. The SMILES string of the molecule is OCc1cc2c(c(-c3ccc(F)c(Cl)c3)n1)OCC=C2. The molecule has 20 heavy (non-hydrogen) atoms. The Balaban J connectivity index is 2.21. The fraction of sp³-hybridized carbons (Fsp3) is 0.133. The van der Waals surface area contributed by atoms with Crippen molar-refractivity contribution in [3.8, 4) is 17.0 Å². The third kappa shape index (κ3) is 2.28. The highest BCUT2D eigenvalue weighted by Crippen LogP contribution is 2.36. The molecule has 1 aliphatic rings. The Kier molecular flexibility index (Phi) is 3.42. The number of aliphatic hydroxyl groups is 1. The monoisotopic (exact) mass is 291 g/mol. The summed E-state index contributed by atoms with van der Waals surface area (Å²) in [5.41, 5.74) is 2.57. The third-order valence-corrected chi connectivity index (χ3v) is 3.32. The Hall–Kier alpha value is -1.91. The van der Waals surface area contributed by atoms with Crippen molar-refractivity contribution in [2.24, 2.45) is 0 Å². The summed E-state index contributed by atoms with van der Waals surface area (Å²) in [7, 11) is 0.